The van der Waals surface area contributed by atoms with Crippen molar-refractivity contribution in [3.05, 3.63) is 17.8 Å². The lowest BCUT2D eigenvalue weighted by Gasteiger charge is -2.23. The number of piperidine rings is 1. The third kappa shape index (κ3) is 3.17. The Morgan fingerprint density at radius 1 is 1.65 bits per heavy atom. The van der Waals surface area contributed by atoms with Crippen LogP contribution in [0.5, 0.6) is 0 Å². The highest BCUT2D eigenvalue weighted by Crippen LogP contribution is 2.18. The molecule has 1 atom stereocenters. The van der Waals surface area contributed by atoms with Gasteiger partial charge in [-0.3, -0.25) is 4.79 Å². The quantitative estimate of drug-likeness (QED) is 0.694. The molecule has 1 saturated heterocycles. The van der Waals surface area contributed by atoms with Crippen molar-refractivity contribution in [3.8, 4) is 0 Å². The molecule has 0 radical (unpaired) electrons. The molecule has 20 heavy (non-hydrogen) atoms. The van der Waals surface area contributed by atoms with Crippen LogP contribution in [0.3, 0.4) is 0 Å². The molecule has 7 heteroatoms. The first-order chi connectivity index (χ1) is 9.61. The van der Waals surface area contributed by atoms with E-state index in [1.165, 1.54) is 12.3 Å². The van der Waals surface area contributed by atoms with Crippen LogP contribution in [-0.2, 0) is 9.53 Å². The second-order valence-corrected chi connectivity index (χ2v) is 4.51. The third-order valence-corrected chi connectivity index (χ3v) is 3.04. The van der Waals surface area contributed by atoms with Gasteiger partial charge >= 0.3 is 5.97 Å². The van der Waals surface area contributed by atoms with Gasteiger partial charge in [-0.1, -0.05) is 0 Å². The lowest BCUT2D eigenvalue weighted by atomic mass is 10.1. The highest BCUT2D eigenvalue weighted by atomic mass is 16.5. The summed E-state index contributed by atoms with van der Waals surface area (Å²) in [5.41, 5.74) is 6.21. The van der Waals surface area contributed by atoms with Crippen LogP contribution in [0, 0.1) is 0 Å². The van der Waals surface area contributed by atoms with Crippen molar-refractivity contribution < 1.29 is 14.3 Å². The second-order valence-electron chi connectivity index (χ2n) is 4.51. The summed E-state index contributed by atoms with van der Waals surface area (Å²) in [5, 5.41) is 5.78. The normalized spacial score (nSPS) is 18.2. The van der Waals surface area contributed by atoms with E-state index in [2.05, 4.69) is 15.6 Å². The Hall–Kier alpha value is -2.31. The number of esters is 1. The van der Waals surface area contributed by atoms with Crippen molar-refractivity contribution >= 4 is 23.4 Å². The number of anilines is 2. The van der Waals surface area contributed by atoms with Crippen molar-refractivity contribution in [2.75, 3.05) is 24.2 Å². The summed E-state index contributed by atoms with van der Waals surface area (Å²) in [7, 11) is 0. The number of carbonyl (C=O) groups excluding carboxylic acids is 2. The maximum Gasteiger partial charge on any atom is 0.340 e. The van der Waals surface area contributed by atoms with E-state index in [1.54, 1.807) is 6.92 Å². The number of nitrogens with two attached hydrogens (primary N) is 1. The van der Waals surface area contributed by atoms with Gasteiger partial charge in [0, 0.05) is 6.54 Å². The molecule has 1 aliphatic heterocycles. The average molecular weight is 278 g/mol. The summed E-state index contributed by atoms with van der Waals surface area (Å²) in [6.45, 7) is 2.69. The number of aromatic nitrogens is 1. The fraction of sp³-hybridized carbons (Fsp3) is 0.462. The Balaban J connectivity index is 2.14. The van der Waals surface area contributed by atoms with E-state index in [0.29, 0.717) is 12.4 Å². The van der Waals surface area contributed by atoms with E-state index >= 15 is 0 Å². The van der Waals surface area contributed by atoms with Gasteiger partial charge < -0.3 is 21.1 Å². The second kappa shape index (κ2) is 6.23. The molecule has 2 heterocycles. The van der Waals surface area contributed by atoms with E-state index < -0.39 is 5.97 Å². The van der Waals surface area contributed by atoms with Crippen LogP contribution in [0.25, 0.3) is 0 Å². The lowest BCUT2D eigenvalue weighted by molar-refractivity contribution is -0.123. The topological polar surface area (TPSA) is 106 Å². The molecule has 0 aliphatic carbocycles. The molecule has 2 rings (SSSR count). The number of nitrogen functional groups attached to an aromatic ring is 1. The molecule has 1 amide bonds. The van der Waals surface area contributed by atoms with Gasteiger partial charge in [0.1, 0.15) is 11.9 Å². The molecular formula is C13H18N4O3. The van der Waals surface area contributed by atoms with Crippen LogP contribution in [0.4, 0.5) is 11.5 Å². The number of hydrogen-bond donors (Lipinski definition) is 3. The van der Waals surface area contributed by atoms with Crippen LogP contribution < -0.4 is 16.4 Å². The number of nitrogens with zero attached hydrogens (tertiary/aromatic N) is 1. The van der Waals surface area contributed by atoms with Gasteiger partial charge in [0.05, 0.1) is 24.1 Å². The molecular weight excluding hydrogens is 260 g/mol. The highest BCUT2D eigenvalue weighted by molar-refractivity contribution is 5.96. The predicted octanol–water partition coefficient (Wildman–Crippen LogP) is 0.531. The molecule has 0 aromatic carbocycles. The van der Waals surface area contributed by atoms with Crippen molar-refractivity contribution in [2.24, 2.45) is 0 Å². The first-order valence-corrected chi connectivity index (χ1v) is 6.58. The van der Waals surface area contributed by atoms with Crippen molar-refractivity contribution in [3.63, 3.8) is 0 Å². The fourth-order valence-corrected chi connectivity index (χ4v) is 2.02. The molecule has 7 nitrogen and oxygen atoms in total. The fourth-order valence-electron chi connectivity index (χ4n) is 2.02. The van der Waals surface area contributed by atoms with Crippen molar-refractivity contribution in [1.29, 1.82) is 0 Å². The minimum absolute atomic E-state index is 0.0624. The largest absolute Gasteiger partial charge is 0.462 e. The third-order valence-electron chi connectivity index (χ3n) is 3.04. The number of ether oxygens (including phenoxy) is 1. The molecule has 1 aromatic heterocycles. The van der Waals surface area contributed by atoms with E-state index in [-0.39, 0.29) is 29.8 Å². The lowest BCUT2D eigenvalue weighted by Crippen LogP contribution is -2.44. The monoisotopic (exact) mass is 278 g/mol. The van der Waals surface area contributed by atoms with E-state index in [0.717, 1.165) is 12.8 Å². The number of carbonyl (C=O) groups is 2. The van der Waals surface area contributed by atoms with Gasteiger partial charge in [-0.05, 0) is 25.8 Å². The predicted molar refractivity (Wildman–Crippen MR) is 74.3 cm³/mol. The smallest absolute Gasteiger partial charge is 0.340 e. The molecule has 1 fully saturated rings. The Bertz CT molecular complexity index is 518. The Kier molecular flexibility index (Phi) is 4.39. The molecule has 0 spiro atoms. The summed E-state index contributed by atoms with van der Waals surface area (Å²) >= 11 is 0. The molecule has 108 valence electrons. The van der Waals surface area contributed by atoms with Gasteiger partial charge in [-0.2, -0.15) is 0 Å². The van der Waals surface area contributed by atoms with Crippen molar-refractivity contribution in [1.82, 2.24) is 10.3 Å². The van der Waals surface area contributed by atoms with Crippen LogP contribution in [0.15, 0.2) is 12.3 Å². The van der Waals surface area contributed by atoms with Crippen molar-refractivity contribution in [2.45, 2.75) is 25.8 Å². The summed E-state index contributed by atoms with van der Waals surface area (Å²) in [4.78, 5) is 27.5. The molecule has 1 aromatic rings. The maximum absolute atomic E-state index is 11.7. The van der Waals surface area contributed by atoms with Crippen LogP contribution in [0.2, 0.25) is 0 Å². The first-order valence-electron chi connectivity index (χ1n) is 6.58. The Morgan fingerprint density at radius 2 is 2.45 bits per heavy atom. The number of rotatable bonds is 4. The number of amides is 1. The highest BCUT2D eigenvalue weighted by Gasteiger charge is 2.22. The molecule has 4 N–H and O–H groups in total. The Morgan fingerprint density at radius 3 is 3.15 bits per heavy atom. The zero-order valence-corrected chi connectivity index (χ0v) is 11.3. The number of pyridine rings is 1. The zero-order chi connectivity index (χ0) is 14.5. The van der Waals surface area contributed by atoms with Gasteiger partial charge in [-0.15, -0.1) is 0 Å². The number of hydrogen-bond acceptors (Lipinski definition) is 6. The number of nitrogens with one attached hydrogen (secondary N) is 2. The average Bonchev–Trinajstić information content (AvgIpc) is 2.43. The van der Waals surface area contributed by atoms with Gasteiger partial charge in [-0.25, -0.2) is 9.78 Å². The maximum atomic E-state index is 11.7. The van der Waals surface area contributed by atoms with Crippen LogP contribution in [-0.4, -0.2) is 36.1 Å². The minimum atomic E-state index is -0.497. The van der Waals surface area contributed by atoms with E-state index in [9.17, 15) is 9.59 Å². The van der Waals surface area contributed by atoms with Gasteiger partial charge in [0.25, 0.3) is 0 Å². The molecule has 0 saturated carbocycles. The zero-order valence-electron chi connectivity index (χ0n) is 11.3. The summed E-state index contributed by atoms with van der Waals surface area (Å²) in [6.07, 6.45) is 3.02. The minimum Gasteiger partial charge on any atom is -0.462 e. The van der Waals surface area contributed by atoms with Crippen LogP contribution in [0.1, 0.15) is 30.1 Å². The standard InChI is InChI=1S/C13H18N4O3/c1-2-20-13(19)8-6-11(16-7-9(8)14)17-10-4-3-5-15-12(10)18/h6-7,10H,2-5,14H2,1H3,(H,15,18)(H,16,17). The first kappa shape index (κ1) is 14.1. The summed E-state index contributed by atoms with van der Waals surface area (Å²) in [6, 6.07) is 1.17. The molecule has 0 bridgehead atoms. The SMILES string of the molecule is CCOC(=O)c1cc(NC2CCCNC2=O)ncc1N. The van der Waals surface area contributed by atoms with E-state index in [4.69, 9.17) is 10.5 Å². The summed E-state index contributed by atoms with van der Waals surface area (Å²) < 4.78 is 4.92. The van der Waals surface area contributed by atoms with Gasteiger partial charge in [0.2, 0.25) is 5.91 Å². The van der Waals surface area contributed by atoms with E-state index in [1.807, 2.05) is 0 Å². The Labute approximate surface area is 116 Å². The van der Waals surface area contributed by atoms with Crippen LogP contribution >= 0.6 is 0 Å². The molecule has 1 aliphatic rings. The van der Waals surface area contributed by atoms with Gasteiger partial charge in [0.15, 0.2) is 0 Å². The molecule has 1 unspecified atom stereocenters. The summed E-state index contributed by atoms with van der Waals surface area (Å²) in [5.74, 6) is -0.125.